The Morgan fingerprint density at radius 2 is 2.07 bits per heavy atom. The molecule has 1 aromatic carbocycles. The van der Waals surface area contributed by atoms with Crippen LogP contribution in [0, 0.1) is 0 Å². The molecule has 0 aromatic heterocycles. The number of rotatable bonds is 2. The van der Waals surface area contributed by atoms with Gasteiger partial charge in [-0.2, -0.15) is 8.42 Å². The fourth-order valence-corrected chi connectivity index (χ4v) is 1.88. The van der Waals surface area contributed by atoms with Gasteiger partial charge in [-0.05, 0) is 17.7 Å². The van der Waals surface area contributed by atoms with Crippen molar-refractivity contribution >= 4 is 27.8 Å². The minimum absolute atomic E-state index is 0. The summed E-state index contributed by atoms with van der Waals surface area (Å²) >= 11 is 5.61. The van der Waals surface area contributed by atoms with Gasteiger partial charge in [-0.25, -0.2) is 0 Å². The van der Waals surface area contributed by atoms with Gasteiger partial charge in [-0.15, -0.1) is 0 Å². The second-order valence-electron chi connectivity index (χ2n) is 2.37. The first-order valence-electron chi connectivity index (χ1n) is 3.34. The quantitative estimate of drug-likeness (QED) is 0.554. The molecule has 1 aromatic rings. The van der Waals surface area contributed by atoms with E-state index in [0.29, 0.717) is 5.56 Å². The molecule has 0 amide bonds. The molecule has 0 saturated carbocycles. The molecular formula is C8H8ClNaO3S. The largest absolute Gasteiger partial charge is 1.00 e. The molecule has 0 fully saturated rings. The first-order chi connectivity index (χ1) is 5.95. The molecule has 6 heteroatoms. The van der Waals surface area contributed by atoms with Gasteiger partial charge >= 0.3 is 29.6 Å². The third-order valence-electron chi connectivity index (χ3n) is 1.47. The van der Waals surface area contributed by atoms with Crippen LogP contribution in [0.2, 0.25) is 5.02 Å². The van der Waals surface area contributed by atoms with Gasteiger partial charge in [0.25, 0.3) is 10.1 Å². The number of hydrogen-bond donors (Lipinski definition) is 1. The SMILES string of the molecule is C=Cc1ccc(S(=O)(=O)O)c(Cl)c1.[H-].[Na+]. The summed E-state index contributed by atoms with van der Waals surface area (Å²) in [7, 11) is -4.22. The molecule has 0 unspecified atom stereocenters. The van der Waals surface area contributed by atoms with Crippen molar-refractivity contribution < 1.29 is 44.0 Å². The molecule has 0 saturated heterocycles. The third-order valence-corrected chi connectivity index (χ3v) is 2.81. The van der Waals surface area contributed by atoms with E-state index in [1.54, 1.807) is 0 Å². The van der Waals surface area contributed by atoms with Crippen molar-refractivity contribution in [3.63, 3.8) is 0 Å². The van der Waals surface area contributed by atoms with Crippen LogP contribution in [0.5, 0.6) is 0 Å². The van der Waals surface area contributed by atoms with Gasteiger partial charge in [-0.3, -0.25) is 4.55 Å². The van der Waals surface area contributed by atoms with Gasteiger partial charge in [0.2, 0.25) is 0 Å². The van der Waals surface area contributed by atoms with Crippen LogP contribution in [0.15, 0.2) is 29.7 Å². The van der Waals surface area contributed by atoms with E-state index in [4.69, 9.17) is 16.2 Å². The minimum Gasteiger partial charge on any atom is -1.00 e. The van der Waals surface area contributed by atoms with Crippen LogP contribution < -0.4 is 29.6 Å². The van der Waals surface area contributed by atoms with Crippen molar-refractivity contribution in [3.05, 3.63) is 35.4 Å². The van der Waals surface area contributed by atoms with Gasteiger partial charge in [0, 0.05) is 0 Å². The van der Waals surface area contributed by atoms with Crippen molar-refractivity contribution in [1.82, 2.24) is 0 Å². The Labute approximate surface area is 111 Å². The van der Waals surface area contributed by atoms with E-state index in [9.17, 15) is 8.42 Å². The standard InChI is InChI=1S/C8H7ClO3S.Na.H/c1-2-6-3-4-8(7(9)5-6)13(10,11)12;;/h2-5H,1H2,(H,10,11,12);;/q;+1;-1. The van der Waals surface area contributed by atoms with Crippen molar-refractivity contribution in [2.75, 3.05) is 0 Å². The predicted molar refractivity (Wildman–Crippen MR) is 52.5 cm³/mol. The molecule has 14 heavy (non-hydrogen) atoms. The van der Waals surface area contributed by atoms with Crippen molar-refractivity contribution in [1.29, 1.82) is 0 Å². The van der Waals surface area contributed by atoms with Crippen molar-refractivity contribution in [2.24, 2.45) is 0 Å². The summed E-state index contributed by atoms with van der Waals surface area (Å²) in [6.07, 6.45) is 1.53. The summed E-state index contributed by atoms with van der Waals surface area (Å²) in [5.41, 5.74) is 0.692. The maximum atomic E-state index is 10.7. The summed E-state index contributed by atoms with van der Waals surface area (Å²) in [6.45, 7) is 3.49. The van der Waals surface area contributed by atoms with E-state index >= 15 is 0 Å². The molecular weight excluding hydrogens is 235 g/mol. The molecule has 0 aliphatic carbocycles. The zero-order valence-corrected chi connectivity index (χ0v) is 11.1. The predicted octanol–water partition coefficient (Wildman–Crippen LogP) is -0.654. The Kier molecular flexibility index (Phi) is 5.36. The Balaban J connectivity index is 0. The first-order valence-corrected chi connectivity index (χ1v) is 5.16. The number of halogens is 1. The fourth-order valence-electron chi connectivity index (χ4n) is 0.853. The van der Waals surface area contributed by atoms with Crippen molar-refractivity contribution in [3.8, 4) is 0 Å². The third kappa shape index (κ3) is 3.38. The number of hydrogen-bond acceptors (Lipinski definition) is 2. The second kappa shape index (κ2) is 5.30. The molecule has 0 heterocycles. The Hall–Kier alpha value is 0.160. The Bertz CT molecular complexity index is 447. The Morgan fingerprint density at radius 1 is 1.50 bits per heavy atom. The Morgan fingerprint density at radius 3 is 2.43 bits per heavy atom. The van der Waals surface area contributed by atoms with Crippen LogP contribution in [-0.4, -0.2) is 13.0 Å². The van der Waals surface area contributed by atoms with Crippen LogP contribution in [-0.2, 0) is 10.1 Å². The second-order valence-corrected chi connectivity index (χ2v) is 4.17. The molecule has 0 bridgehead atoms. The average molecular weight is 243 g/mol. The summed E-state index contributed by atoms with van der Waals surface area (Å²) in [5, 5.41) is -0.0140. The summed E-state index contributed by atoms with van der Waals surface area (Å²) in [6, 6.07) is 4.15. The average Bonchev–Trinajstić information content (AvgIpc) is 2.01. The summed E-state index contributed by atoms with van der Waals surface area (Å²) in [5.74, 6) is 0. The van der Waals surface area contributed by atoms with Crippen LogP contribution in [0.1, 0.15) is 6.99 Å². The molecule has 0 aliphatic rings. The molecule has 0 radical (unpaired) electrons. The van der Waals surface area contributed by atoms with Crippen LogP contribution in [0.25, 0.3) is 6.08 Å². The maximum absolute atomic E-state index is 10.7. The van der Waals surface area contributed by atoms with Gasteiger partial charge in [0.05, 0.1) is 5.02 Å². The molecule has 0 spiro atoms. The number of benzene rings is 1. The smallest absolute Gasteiger partial charge is 1.00 e. The monoisotopic (exact) mass is 242 g/mol. The van der Waals surface area contributed by atoms with E-state index in [2.05, 4.69) is 6.58 Å². The molecule has 0 aliphatic heterocycles. The van der Waals surface area contributed by atoms with E-state index < -0.39 is 10.1 Å². The first kappa shape index (κ1) is 14.2. The molecule has 1 rings (SSSR count). The molecule has 3 nitrogen and oxygen atoms in total. The van der Waals surface area contributed by atoms with Crippen molar-refractivity contribution in [2.45, 2.75) is 4.90 Å². The van der Waals surface area contributed by atoms with Gasteiger partial charge in [0.15, 0.2) is 0 Å². The maximum Gasteiger partial charge on any atom is 1.00 e. The van der Waals surface area contributed by atoms with Gasteiger partial charge in [0.1, 0.15) is 4.90 Å². The van der Waals surface area contributed by atoms with Crippen LogP contribution >= 0.6 is 11.6 Å². The normalized spacial score (nSPS) is 10.4. The van der Waals surface area contributed by atoms with Crippen LogP contribution in [0.3, 0.4) is 0 Å². The van der Waals surface area contributed by atoms with Gasteiger partial charge in [-0.1, -0.05) is 30.3 Å². The van der Waals surface area contributed by atoms with E-state index in [-0.39, 0.29) is 40.9 Å². The van der Waals surface area contributed by atoms with E-state index in [0.717, 1.165) is 0 Å². The fraction of sp³-hybridized carbons (Fsp3) is 0. The molecule has 1 N–H and O–H groups in total. The van der Waals surface area contributed by atoms with E-state index in [1.165, 1.54) is 24.3 Å². The topological polar surface area (TPSA) is 54.4 Å². The minimum atomic E-state index is -4.22. The zero-order chi connectivity index (χ0) is 10.1. The van der Waals surface area contributed by atoms with Crippen LogP contribution in [0.4, 0.5) is 0 Å². The summed E-state index contributed by atoms with van der Waals surface area (Å²) in [4.78, 5) is -0.292. The summed E-state index contributed by atoms with van der Waals surface area (Å²) < 4.78 is 30.1. The molecule has 0 atom stereocenters. The van der Waals surface area contributed by atoms with Gasteiger partial charge < -0.3 is 1.43 Å². The molecule has 72 valence electrons. The zero-order valence-electron chi connectivity index (χ0n) is 8.57. The van der Waals surface area contributed by atoms with E-state index in [1.807, 2.05) is 0 Å².